The lowest BCUT2D eigenvalue weighted by molar-refractivity contribution is -0.194. The summed E-state index contributed by atoms with van der Waals surface area (Å²) in [4.78, 5) is 24.9. The van der Waals surface area contributed by atoms with E-state index in [-0.39, 0.29) is 17.5 Å². The van der Waals surface area contributed by atoms with E-state index < -0.39 is 11.6 Å². The molecule has 38 heavy (non-hydrogen) atoms. The van der Waals surface area contributed by atoms with Crippen molar-refractivity contribution in [3.63, 3.8) is 0 Å². The smallest absolute Gasteiger partial charge is 0.260 e. The number of ether oxygens (including phenoxy) is 4. The average molecular weight is 515 g/mol. The second kappa shape index (κ2) is 13.7. The van der Waals surface area contributed by atoms with Gasteiger partial charge in [-0.15, -0.1) is 0 Å². The highest BCUT2D eigenvalue weighted by Crippen LogP contribution is 2.32. The topological polar surface area (TPSA) is 71.1 Å². The van der Waals surface area contributed by atoms with E-state index >= 15 is 0 Å². The zero-order chi connectivity index (χ0) is 27.4. The monoisotopic (exact) mass is 514 g/mol. The van der Waals surface area contributed by atoms with E-state index in [0.717, 1.165) is 0 Å². The normalized spacial score (nSPS) is 15.8. The summed E-state index contributed by atoms with van der Waals surface area (Å²) < 4.78 is 21.8. The third-order valence-electron chi connectivity index (χ3n) is 6.50. The lowest BCUT2D eigenvalue weighted by Gasteiger charge is -2.35. The highest BCUT2D eigenvalue weighted by atomic mass is 16.7. The van der Waals surface area contributed by atoms with Crippen LogP contribution in [0.15, 0.2) is 115 Å². The van der Waals surface area contributed by atoms with E-state index in [1.54, 1.807) is 26.4 Å². The van der Waals surface area contributed by atoms with E-state index in [0.29, 0.717) is 23.1 Å². The van der Waals surface area contributed by atoms with Crippen molar-refractivity contribution in [1.82, 2.24) is 0 Å². The lowest BCUT2D eigenvalue weighted by atomic mass is 9.87. The van der Waals surface area contributed by atoms with E-state index in [1.165, 1.54) is 14.2 Å². The Morgan fingerprint density at radius 3 is 1.71 bits per heavy atom. The molecule has 0 amide bonds. The van der Waals surface area contributed by atoms with Gasteiger partial charge in [-0.1, -0.05) is 109 Å². The number of benzene rings is 3. The fourth-order valence-electron chi connectivity index (χ4n) is 4.39. The second-order valence-electron chi connectivity index (χ2n) is 8.56. The zero-order valence-corrected chi connectivity index (χ0v) is 22.2. The molecule has 198 valence electrons. The number of ketones is 2. The number of rotatable bonds is 10. The minimum Gasteiger partial charge on any atom is -0.349 e. The Kier molecular flexibility index (Phi) is 10.4. The largest absolute Gasteiger partial charge is 0.349 e. The van der Waals surface area contributed by atoms with Crippen LogP contribution in [0.4, 0.5) is 0 Å². The quantitative estimate of drug-likeness (QED) is 0.244. The minimum atomic E-state index is -1.40. The minimum absolute atomic E-state index is 0.0871. The molecule has 0 saturated carbocycles. The Balaban J connectivity index is 0.000000211. The molecular weight excluding hydrogens is 480 g/mol. The first kappa shape index (κ1) is 28.9. The molecule has 1 aliphatic carbocycles. The summed E-state index contributed by atoms with van der Waals surface area (Å²) in [5.41, 5.74) is 1.94. The van der Waals surface area contributed by atoms with Gasteiger partial charge in [0, 0.05) is 57.5 Å². The molecule has 0 bridgehead atoms. The van der Waals surface area contributed by atoms with Crippen LogP contribution in [0, 0.1) is 5.92 Å². The Hall–Kier alpha value is -3.68. The SMILES string of the molecule is COC(OC)(C(=O)c1ccccc1)c1ccccc1.COC1(OC)C=CC=CC1CC(=O)c1ccccc1. The number of Topliss-reactive ketones (excluding diaryl/α,β-unsaturated/α-hetero) is 2. The Bertz CT molecular complexity index is 1210. The van der Waals surface area contributed by atoms with Crippen molar-refractivity contribution in [3.05, 3.63) is 132 Å². The molecule has 3 aromatic rings. The van der Waals surface area contributed by atoms with E-state index in [9.17, 15) is 9.59 Å². The summed E-state index contributed by atoms with van der Waals surface area (Å²) in [6.45, 7) is 0. The fourth-order valence-corrected chi connectivity index (χ4v) is 4.39. The van der Waals surface area contributed by atoms with Gasteiger partial charge in [-0.3, -0.25) is 9.59 Å². The summed E-state index contributed by atoms with van der Waals surface area (Å²) in [5, 5.41) is 0. The maximum Gasteiger partial charge on any atom is 0.260 e. The first-order valence-electron chi connectivity index (χ1n) is 12.3. The van der Waals surface area contributed by atoms with Crippen LogP contribution in [0.25, 0.3) is 0 Å². The van der Waals surface area contributed by atoms with Gasteiger partial charge in [0.05, 0.1) is 0 Å². The molecule has 0 saturated heterocycles. The van der Waals surface area contributed by atoms with Gasteiger partial charge in [-0.05, 0) is 6.08 Å². The van der Waals surface area contributed by atoms with Crippen LogP contribution < -0.4 is 0 Å². The van der Waals surface area contributed by atoms with E-state index in [2.05, 4.69) is 0 Å². The maximum atomic E-state index is 12.7. The summed E-state index contributed by atoms with van der Waals surface area (Å²) >= 11 is 0. The molecular formula is C32H34O6. The number of hydrogen-bond acceptors (Lipinski definition) is 6. The van der Waals surface area contributed by atoms with E-state index in [1.807, 2.05) is 103 Å². The van der Waals surface area contributed by atoms with Crippen LogP contribution in [0.3, 0.4) is 0 Å². The first-order chi connectivity index (χ1) is 18.5. The number of methoxy groups -OCH3 is 4. The fraction of sp³-hybridized carbons (Fsp3) is 0.250. The molecule has 0 spiro atoms. The van der Waals surface area contributed by atoms with Gasteiger partial charge >= 0.3 is 0 Å². The van der Waals surface area contributed by atoms with Gasteiger partial charge in [0.15, 0.2) is 11.6 Å². The summed E-state index contributed by atoms with van der Waals surface area (Å²) in [5.74, 6) is -2.50. The predicted octanol–water partition coefficient (Wildman–Crippen LogP) is 6.01. The van der Waals surface area contributed by atoms with Gasteiger partial charge in [0.25, 0.3) is 5.79 Å². The van der Waals surface area contributed by atoms with Crippen molar-refractivity contribution in [2.24, 2.45) is 5.92 Å². The maximum absolute atomic E-state index is 12.7. The van der Waals surface area contributed by atoms with E-state index in [4.69, 9.17) is 18.9 Å². The molecule has 0 N–H and O–H groups in total. The Labute approximate surface area is 224 Å². The van der Waals surface area contributed by atoms with Gasteiger partial charge < -0.3 is 18.9 Å². The van der Waals surface area contributed by atoms with Crippen LogP contribution in [0.1, 0.15) is 32.7 Å². The molecule has 1 unspecified atom stereocenters. The molecule has 1 aliphatic rings. The molecule has 0 aromatic heterocycles. The second-order valence-corrected chi connectivity index (χ2v) is 8.56. The summed E-state index contributed by atoms with van der Waals surface area (Å²) in [7, 11) is 6.12. The first-order valence-corrected chi connectivity index (χ1v) is 12.3. The third kappa shape index (κ3) is 6.41. The van der Waals surface area contributed by atoms with Gasteiger partial charge in [0.1, 0.15) is 0 Å². The molecule has 3 aromatic carbocycles. The molecule has 6 nitrogen and oxygen atoms in total. The predicted molar refractivity (Wildman–Crippen MR) is 147 cm³/mol. The molecule has 4 rings (SSSR count). The molecule has 0 heterocycles. The van der Waals surface area contributed by atoms with Gasteiger partial charge in [-0.2, -0.15) is 0 Å². The Morgan fingerprint density at radius 2 is 1.21 bits per heavy atom. The van der Waals surface area contributed by atoms with Crippen molar-refractivity contribution in [2.45, 2.75) is 18.0 Å². The number of allylic oxidation sites excluding steroid dienone is 2. The van der Waals surface area contributed by atoms with Gasteiger partial charge in [0.2, 0.25) is 5.78 Å². The van der Waals surface area contributed by atoms with Crippen LogP contribution in [-0.2, 0) is 24.7 Å². The Morgan fingerprint density at radius 1 is 0.711 bits per heavy atom. The van der Waals surface area contributed by atoms with Crippen LogP contribution in [0.2, 0.25) is 0 Å². The summed E-state index contributed by atoms with van der Waals surface area (Å²) in [6.07, 6.45) is 7.94. The standard InChI is InChI=1S/C16H16O3.C16H18O3/c1-18-16(19-2,14-11-7-4-8-12-14)15(17)13-9-5-3-6-10-13;1-18-16(19-2)11-7-6-10-14(16)12-15(17)13-8-4-3-5-9-13/h3-12H,1-2H3;3-11,14H,12H2,1-2H3. The van der Waals surface area contributed by atoms with Crippen molar-refractivity contribution in [2.75, 3.05) is 28.4 Å². The molecule has 6 heteroatoms. The number of carbonyl (C=O) groups excluding carboxylic acids is 2. The highest BCUT2D eigenvalue weighted by Gasteiger charge is 2.41. The number of carbonyl (C=O) groups is 2. The average Bonchev–Trinajstić information content (AvgIpc) is 3.00. The zero-order valence-electron chi connectivity index (χ0n) is 22.2. The number of hydrogen-bond donors (Lipinski definition) is 0. The molecule has 1 atom stereocenters. The van der Waals surface area contributed by atoms with Crippen LogP contribution in [-0.4, -0.2) is 45.8 Å². The van der Waals surface area contributed by atoms with Crippen molar-refractivity contribution >= 4 is 11.6 Å². The van der Waals surface area contributed by atoms with Crippen molar-refractivity contribution in [3.8, 4) is 0 Å². The van der Waals surface area contributed by atoms with Crippen molar-refractivity contribution in [1.29, 1.82) is 0 Å². The van der Waals surface area contributed by atoms with Crippen LogP contribution in [0.5, 0.6) is 0 Å². The molecule has 0 fully saturated rings. The summed E-state index contributed by atoms with van der Waals surface area (Å²) in [6, 6.07) is 27.5. The van der Waals surface area contributed by atoms with Gasteiger partial charge in [-0.25, -0.2) is 0 Å². The van der Waals surface area contributed by atoms with Crippen molar-refractivity contribution < 1.29 is 28.5 Å². The lowest BCUT2D eigenvalue weighted by Crippen LogP contribution is -2.41. The third-order valence-corrected chi connectivity index (χ3v) is 6.50. The molecule has 0 radical (unpaired) electrons. The molecule has 0 aliphatic heterocycles. The highest BCUT2D eigenvalue weighted by molar-refractivity contribution is 6.02. The van der Waals surface area contributed by atoms with Crippen LogP contribution >= 0.6 is 0 Å².